The molecule has 3 aromatic carbocycles. The van der Waals surface area contributed by atoms with Gasteiger partial charge in [-0.1, -0.05) is 111 Å². The van der Waals surface area contributed by atoms with Crippen molar-refractivity contribution in [2.24, 2.45) is 5.92 Å². The van der Waals surface area contributed by atoms with Crippen LogP contribution in [-0.2, 0) is 33.8 Å². The molecule has 0 fully saturated rings. The van der Waals surface area contributed by atoms with Crippen LogP contribution >= 0.6 is 0 Å². The van der Waals surface area contributed by atoms with Gasteiger partial charge in [0.15, 0.2) is 5.78 Å². The van der Waals surface area contributed by atoms with E-state index >= 15 is 0 Å². The Morgan fingerprint density at radius 2 is 1.26 bits per heavy atom. The van der Waals surface area contributed by atoms with Gasteiger partial charge in [0, 0.05) is 19.5 Å². The summed E-state index contributed by atoms with van der Waals surface area (Å²) in [6.45, 7) is 5.56. The predicted octanol–water partition coefficient (Wildman–Crippen LogP) is 6.24. The molecule has 0 heterocycles. The van der Waals surface area contributed by atoms with E-state index < -0.39 is 5.92 Å². The summed E-state index contributed by atoms with van der Waals surface area (Å²) >= 11 is 0. The highest BCUT2D eigenvalue weighted by Gasteiger charge is 2.29. The largest absolute Gasteiger partial charge is 0.465 e. The summed E-state index contributed by atoms with van der Waals surface area (Å²) in [6.07, 6.45) is 2.57. The fourth-order valence-corrected chi connectivity index (χ4v) is 4.18. The highest BCUT2D eigenvalue weighted by atomic mass is 16.5. The first kappa shape index (κ1) is 26.4. The predicted molar refractivity (Wildman–Crippen MR) is 141 cm³/mol. The van der Waals surface area contributed by atoms with Crippen LogP contribution in [0.1, 0.15) is 49.8 Å². The number of unbranched alkanes of at least 4 members (excludes halogenated alkanes) is 1. The van der Waals surface area contributed by atoms with Gasteiger partial charge in [-0.15, -0.1) is 0 Å². The van der Waals surface area contributed by atoms with Crippen LogP contribution in [-0.4, -0.2) is 29.3 Å². The lowest BCUT2D eigenvalue weighted by Crippen LogP contribution is -2.43. The van der Waals surface area contributed by atoms with Crippen molar-refractivity contribution in [2.75, 3.05) is 6.61 Å². The molecule has 3 aromatic rings. The minimum Gasteiger partial charge on any atom is -0.465 e. The molecule has 0 spiro atoms. The van der Waals surface area contributed by atoms with E-state index in [1.165, 1.54) is 0 Å². The van der Waals surface area contributed by atoms with Crippen LogP contribution in [0.25, 0.3) is 0 Å². The van der Waals surface area contributed by atoms with Crippen molar-refractivity contribution >= 4 is 11.8 Å². The van der Waals surface area contributed by atoms with Crippen LogP contribution in [0.15, 0.2) is 91.0 Å². The third kappa shape index (κ3) is 8.80. The zero-order valence-electron chi connectivity index (χ0n) is 20.9. The van der Waals surface area contributed by atoms with E-state index in [0.29, 0.717) is 26.1 Å². The van der Waals surface area contributed by atoms with Gasteiger partial charge < -0.3 is 4.74 Å². The third-order valence-electron chi connectivity index (χ3n) is 6.19. The van der Waals surface area contributed by atoms with Gasteiger partial charge in [-0.25, -0.2) is 0 Å². The van der Waals surface area contributed by atoms with Crippen LogP contribution in [0.2, 0.25) is 0 Å². The lowest BCUT2D eigenvalue weighted by molar-refractivity contribution is -0.150. The van der Waals surface area contributed by atoms with E-state index in [-0.39, 0.29) is 24.2 Å². The quantitative estimate of drug-likeness (QED) is 0.206. The SMILES string of the molecule is CCCCOC(=O)[C@@H](C)CC(=O)[C@H](Cc1ccccc1)N(Cc1ccccc1)Cc1ccccc1. The standard InChI is InChI=1S/C31H37NO3/c1-3-4-20-35-31(34)25(2)21-30(33)29(22-26-14-8-5-9-15-26)32(23-27-16-10-6-11-17-27)24-28-18-12-7-13-19-28/h5-19,25,29H,3-4,20-24H2,1-2H3/t25-,29-/m0/s1. The molecular weight excluding hydrogens is 434 g/mol. The number of hydrogen-bond donors (Lipinski definition) is 0. The van der Waals surface area contributed by atoms with Crippen molar-refractivity contribution in [2.45, 2.75) is 58.7 Å². The Bertz CT molecular complexity index is 979. The van der Waals surface area contributed by atoms with Crippen molar-refractivity contribution in [3.63, 3.8) is 0 Å². The lowest BCUT2D eigenvalue weighted by atomic mass is 9.93. The number of Topliss-reactive ketones (excluding diaryl/α,β-unsaturated/α-hetero) is 1. The van der Waals surface area contributed by atoms with Gasteiger partial charge in [-0.05, 0) is 29.5 Å². The maximum Gasteiger partial charge on any atom is 0.309 e. The van der Waals surface area contributed by atoms with Crippen LogP contribution in [0.3, 0.4) is 0 Å². The van der Waals surface area contributed by atoms with E-state index in [4.69, 9.17) is 4.74 Å². The highest BCUT2D eigenvalue weighted by molar-refractivity contribution is 5.88. The Hall–Kier alpha value is -3.24. The molecular formula is C31H37NO3. The van der Waals surface area contributed by atoms with Gasteiger partial charge >= 0.3 is 5.97 Å². The lowest BCUT2D eigenvalue weighted by Gasteiger charge is -2.32. The number of rotatable bonds is 14. The first-order valence-corrected chi connectivity index (χ1v) is 12.6. The summed E-state index contributed by atoms with van der Waals surface area (Å²) in [5.74, 6) is -0.684. The topological polar surface area (TPSA) is 46.6 Å². The summed E-state index contributed by atoms with van der Waals surface area (Å²) in [6, 6.07) is 30.2. The van der Waals surface area contributed by atoms with Gasteiger partial charge in [-0.3, -0.25) is 14.5 Å². The molecule has 2 atom stereocenters. The van der Waals surface area contributed by atoms with Crippen molar-refractivity contribution in [3.8, 4) is 0 Å². The van der Waals surface area contributed by atoms with E-state index in [0.717, 1.165) is 29.5 Å². The van der Waals surface area contributed by atoms with E-state index in [9.17, 15) is 9.59 Å². The van der Waals surface area contributed by atoms with Crippen LogP contribution in [0, 0.1) is 5.92 Å². The number of carbonyl (C=O) groups excluding carboxylic acids is 2. The number of ether oxygens (including phenoxy) is 1. The second kappa shape index (κ2) is 14.2. The monoisotopic (exact) mass is 471 g/mol. The summed E-state index contributed by atoms with van der Waals surface area (Å²) in [5, 5.41) is 0. The van der Waals surface area contributed by atoms with Crippen LogP contribution < -0.4 is 0 Å². The number of benzene rings is 3. The molecule has 184 valence electrons. The maximum absolute atomic E-state index is 13.8. The van der Waals surface area contributed by atoms with Crippen LogP contribution in [0.4, 0.5) is 0 Å². The second-order valence-electron chi connectivity index (χ2n) is 9.17. The van der Waals surface area contributed by atoms with Gasteiger partial charge in [0.1, 0.15) is 0 Å². The maximum atomic E-state index is 13.8. The minimum absolute atomic E-state index is 0.0701. The molecule has 0 unspecified atom stereocenters. The summed E-state index contributed by atoms with van der Waals surface area (Å²) in [4.78, 5) is 28.5. The molecule has 0 radical (unpaired) electrons. The zero-order chi connectivity index (χ0) is 24.9. The molecule has 0 aliphatic heterocycles. The average molecular weight is 472 g/mol. The Morgan fingerprint density at radius 1 is 0.771 bits per heavy atom. The second-order valence-corrected chi connectivity index (χ2v) is 9.17. The normalized spacial score (nSPS) is 12.8. The average Bonchev–Trinajstić information content (AvgIpc) is 2.88. The first-order chi connectivity index (χ1) is 17.1. The van der Waals surface area contributed by atoms with Gasteiger partial charge in [0.25, 0.3) is 0 Å². The molecule has 0 amide bonds. The highest BCUT2D eigenvalue weighted by Crippen LogP contribution is 2.21. The molecule has 4 nitrogen and oxygen atoms in total. The molecule has 0 aliphatic rings. The van der Waals surface area contributed by atoms with Crippen molar-refractivity contribution < 1.29 is 14.3 Å². The zero-order valence-corrected chi connectivity index (χ0v) is 20.9. The van der Waals surface area contributed by atoms with E-state index in [1.54, 1.807) is 6.92 Å². The van der Waals surface area contributed by atoms with Crippen molar-refractivity contribution in [1.29, 1.82) is 0 Å². The van der Waals surface area contributed by atoms with Gasteiger partial charge in [0.05, 0.1) is 18.6 Å². The van der Waals surface area contributed by atoms with Gasteiger partial charge in [-0.2, -0.15) is 0 Å². The Balaban J connectivity index is 1.85. The molecule has 0 aromatic heterocycles. The summed E-state index contributed by atoms with van der Waals surface area (Å²) in [7, 11) is 0. The summed E-state index contributed by atoms with van der Waals surface area (Å²) in [5.41, 5.74) is 3.41. The third-order valence-corrected chi connectivity index (χ3v) is 6.19. The fraction of sp³-hybridized carbons (Fsp3) is 0.355. The summed E-state index contributed by atoms with van der Waals surface area (Å²) < 4.78 is 5.39. The van der Waals surface area contributed by atoms with Gasteiger partial charge in [0.2, 0.25) is 0 Å². The molecule has 0 N–H and O–H groups in total. The van der Waals surface area contributed by atoms with Crippen molar-refractivity contribution in [1.82, 2.24) is 4.90 Å². The molecule has 0 saturated heterocycles. The Kier molecular flexibility index (Phi) is 10.7. The smallest absolute Gasteiger partial charge is 0.309 e. The molecule has 35 heavy (non-hydrogen) atoms. The molecule has 0 saturated carbocycles. The number of nitrogens with zero attached hydrogens (tertiary/aromatic N) is 1. The number of esters is 1. The number of ketones is 1. The Labute approximate surface area is 209 Å². The first-order valence-electron chi connectivity index (χ1n) is 12.6. The molecule has 0 bridgehead atoms. The number of carbonyl (C=O) groups is 2. The van der Waals surface area contributed by atoms with Crippen LogP contribution in [0.5, 0.6) is 0 Å². The molecule has 0 aliphatic carbocycles. The minimum atomic E-state index is -0.465. The van der Waals surface area contributed by atoms with Crippen molar-refractivity contribution in [3.05, 3.63) is 108 Å². The Morgan fingerprint density at radius 3 is 1.74 bits per heavy atom. The van der Waals surface area contributed by atoms with E-state index in [1.807, 2.05) is 54.6 Å². The fourth-order valence-electron chi connectivity index (χ4n) is 4.18. The number of hydrogen-bond acceptors (Lipinski definition) is 4. The van der Waals surface area contributed by atoms with E-state index in [2.05, 4.69) is 48.2 Å². The molecule has 4 heteroatoms. The molecule has 3 rings (SSSR count).